The van der Waals surface area contributed by atoms with Gasteiger partial charge in [0.05, 0.1) is 12.1 Å². The van der Waals surface area contributed by atoms with Crippen molar-refractivity contribution in [1.29, 1.82) is 0 Å². The Hall–Kier alpha value is -0.940. The Balaban J connectivity index is 2.02. The number of rotatable bonds is 2. The second-order valence-electron chi connectivity index (χ2n) is 5.64. The average Bonchev–Trinajstić information content (AvgIpc) is 2.71. The first-order valence-electron chi connectivity index (χ1n) is 5.68. The van der Waals surface area contributed by atoms with Crippen LogP contribution in [0, 0.1) is 5.41 Å². The Morgan fingerprint density at radius 2 is 2.25 bits per heavy atom. The van der Waals surface area contributed by atoms with E-state index in [1.165, 1.54) is 0 Å². The lowest BCUT2D eigenvalue weighted by atomic mass is 9.92. The molecule has 1 aromatic heterocycles. The van der Waals surface area contributed by atoms with E-state index < -0.39 is 0 Å². The third kappa shape index (κ3) is 2.80. The lowest BCUT2D eigenvalue weighted by Gasteiger charge is -2.14. The lowest BCUT2D eigenvalue weighted by molar-refractivity contribution is 0.191. The van der Waals surface area contributed by atoms with Crippen LogP contribution in [-0.2, 0) is 6.42 Å². The normalized spacial score (nSPS) is 26.2. The molecule has 2 N–H and O–H groups in total. The van der Waals surface area contributed by atoms with Crippen molar-refractivity contribution >= 4 is 0 Å². The van der Waals surface area contributed by atoms with Crippen molar-refractivity contribution in [3.05, 3.63) is 11.7 Å². The summed E-state index contributed by atoms with van der Waals surface area (Å²) < 4.78 is 5.21. The van der Waals surface area contributed by atoms with Crippen LogP contribution in [-0.4, -0.2) is 27.9 Å². The molecule has 2 rings (SSSR count). The highest BCUT2D eigenvalue weighted by Gasteiger charge is 2.28. The average molecular weight is 225 g/mol. The molecule has 1 aliphatic rings. The molecule has 1 fully saturated rings. The molecule has 2 heterocycles. The summed E-state index contributed by atoms with van der Waals surface area (Å²) in [5, 5.41) is 16.5. The van der Waals surface area contributed by atoms with E-state index in [-0.39, 0.29) is 17.6 Å². The second kappa shape index (κ2) is 4.14. The molecule has 0 amide bonds. The number of hydrogen-bond acceptors (Lipinski definition) is 5. The predicted molar refractivity (Wildman–Crippen MR) is 58.8 cm³/mol. The van der Waals surface area contributed by atoms with E-state index in [2.05, 4.69) is 36.2 Å². The number of aliphatic hydroxyl groups excluding tert-OH is 1. The lowest BCUT2D eigenvalue weighted by Crippen LogP contribution is -2.15. The fraction of sp³-hybridized carbons (Fsp3) is 0.818. The van der Waals surface area contributed by atoms with Gasteiger partial charge in [-0.05, 0) is 11.8 Å². The number of nitrogens with zero attached hydrogens (tertiary/aromatic N) is 2. The van der Waals surface area contributed by atoms with Crippen LogP contribution in [0.5, 0.6) is 0 Å². The van der Waals surface area contributed by atoms with Crippen molar-refractivity contribution < 1.29 is 9.63 Å². The molecule has 16 heavy (non-hydrogen) atoms. The van der Waals surface area contributed by atoms with Crippen molar-refractivity contribution in [2.24, 2.45) is 5.41 Å². The van der Waals surface area contributed by atoms with Crippen LogP contribution in [0.15, 0.2) is 4.52 Å². The van der Waals surface area contributed by atoms with E-state index in [1.807, 2.05) is 0 Å². The van der Waals surface area contributed by atoms with Crippen molar-refractivity contribution in [3.63, 3.8) is 0 Å². The summed E-state index contributed by atoms with van der Waals surface area (Å²) in [6.45, 7) is 7.02. The van der Waals surface area contributed by atoms with Crippen LogP contribution in [0.1, 0.15) is 44.9 Å². The fourth-order valence-corrected chi connectivity index (χ4v) is 1.86. The highest BCUT2D eigenvalue weighted by atomic mass is 16.5. The molecule has 5 heteroatoms. The van der Waals surface area contributed by atoms with Gasteiger partial charge in [-0.15, -0.1) is 0 Å². The van der Waals surface area contributed by atoms with Crippen LogP contribution >= 0.6 is 0 Å². The van der Waals surface area contributed by atoms with E-state index in [0.29, 0.717) is 18.9 Å². The zero-order chi connectivity index (χ0) is 11.8. The highest BCUT2D eigenvalue weighted by Crippen LogP contribution is 2.24. The van der Waals surface area contributed by atoms with Crippen LogP contribution in [0.25, 0.3) is 0 Å². The van der Waals surface area contributed by atoms with Crippen molar-refractivity contribution in [3.8, 4) is 0 Å². The van der Waals surface area contributed by atoms with E-state index in [0.717, 1.165) is 12.2 Å². The summed E-state index contributed by atoms with van der Waals surface area (Å²) >= 11 is 0. The maximum atomic E-state index is 9.40. The molecule has 0 radical (unpaired) electrons. The molecular weight excluding hydrogens is 206 g/mol. The number of nitrogens with one attached hydrogen (secondary N) is 1. The third-order valence-corrected chi connectivity index (χ3v) is 2.58. The Bertz CT molecular complexity index is 356. The summed E-state index contributed by atoms with van der Waals surface area (Å²) in [4.78, 5) is 4.36. The maximum Gasteiger partial charge on any atom is 0.243 e. The van der Waals surface area contributed by atoms with Gasteiger partial charge in [-0.2, -0.15) is 4.98 Å². The first-order valence-corrected chi connectivity index (χ1v) is 5.68. The van der Waals surface area contributed by atoms with Crippen molar-refractivity contribution in [1.82, 2.24) is 15.5 Å². The highest BCUT2D eigenvalue weighted by molar-refractivity contribution is 4.98. The molecule has 1 saturated heterocycles. The van der Waals surface area contributed by atoms with Gasteiger partial charge in [-0.1, -0.05) is 25.9 Å². The molecule has 1 aromatic rings. The Labute approximate surface area is 95.2 Å². The van der Waals surface area contributed by atoms with Crippen molar-refractivity contribution in [2.45, 2.75) is 45.8 Å². The standard InChI is InChI=1S/C11H19N3O2/c1-11(2,3)5-9-13-10(16-14-9)8-4-7(15)6-12-8/h7-8,12,15H,4-6H2,1-3H3/t7-,8+/m1/s1. The van der Waals surface area contributed by atoms with Gasteiger partial charge in [-0.25, -0.2) is 0 Å². The SMILES string of the molecule is CC(C)(C)Cc1noc([C@@H]2C[C@@H](O)CN2)n1. The quantitative estimate of drug-likeness (QED) is 0.787. The largest absolute Gasteiger partial charge is 0.392 e. The topological polar surface area (TPSA) is 71.2 Å². The second-order valence-corrected chi connectivity index (χ2v) is 5.64. The van der Waals surface area contributed by atoms with Crippen LogP contribution in [0.4, 0.5) is 0 Å². The Morgan fingerprint density at radius 1 is 1.50 bits per heavy atom. The number of aromatic nitrogens is 2. The minimum absolute atomic E-state index is 0.0104. The minimum Gasteiger partial charge on any atom is -0.392 e. The smallest absolute Gasteiger partial charge is 0.243 e. The van der Waals surface area contributed by atoms with E-state index >= 15 is 0 Å². The Kier molecular flexibility index (Phi) is 2.99. The van der Waals surface area contributed by atoms with Gasteiger partial charge >= 0.3 is 0 Å². The molecule has 0 saturated carbocycles. The van der Waals surface area contributed by atoms with Gasteiger partial charge in [0.2, 0.25) is 5.89 Å². The molecule has 2 atom stereocenters. The molecule has 0 unspecified atom stereocenters. The first kappa shape index (κ1) is 11.5. The van der Waals surface area contributed by atoms with E-state index in [1.54, 1.807) is 0 Å². The summed E-state index contributed by atoms with van der Waals surface area (Å²) in [5.41, 5.74) is 0.157. The minimum atomic E-state index is -0.303. The van der Waals surface area contributed by atoms with Gasteiger partial charge < -0.3 is 14.9 Å². The third-order valence-electron chi connectivity index (χ3n) is 2.58. The maximum absolute atomic E-state index is 9.40. The number of aliphatic hydroxyl groups is 1. The zero-order valence-corrected chi connectivity index (χ0v) is 10.0. The van der Waals surface area contributed by atoms with E-state index in [9.17, 15) is 5.11 Å². The molecule has 5 nitrogen and oxygen atoms in total. The summed E-state index contributed by atoms with van der Waals surface area (Å²) in [6.07, 6.45) is 1.14. The fourth-order valence-electron chi connectivity index (χ4n) is 1.86. The first-order chi connectivity index (χ1) is 7.44. The predicted octanol–water partition coefficient (Wildman–Crippen LogP) is 1.05. The van der Waals surface area contributed by atoms with E-state index in [4.69, 9.17) is 4.52 Å². The molecule has 0 aliphatic carbocycles. The van der Waals surface area contributed by atoms with Crippen LogP contribution in [0.2, 0.25) is 0 Å². The van der Waals surface area contributed by atoms with Gasteiger partial charge in [0.15, 0.2) is 5.82 Å². The summed E-state index contributed by atoms with van der Waals surface area (Å²) in [6, 6.07) is 0.0104. The van der Waals surface area contributed by atoms with Gasteiger partial charge in [-0.3, -0.25) is 0 Å². The molecule has 0 spiro atoms. The monoisotopic (exact) mass is 225 g/mol. The zero-order valence-electron chi connectivity index (χ0n) is 10.0. The number of hydrogen-bond donors (Lipinski definition) is 2. The molecule has 0 aromatic carbocycles. The number of β-amino-alcohol motifs (C(OH)–C–C–N with tert-alkyl or cyclic N) is 1. The molecule has 0 bridgehead atoms. The Morgan fingerprint density at radius 3 is 2.81 bits per heavy atom. The summed E-state index contributed by atoms with van der Waals surface area (Å²) in [5.74, 6) is 1.33. The summed E-state index contributed by atoms with van der Waals surface area (Å²) in [7, 11) is 0. The van der Waals surface area contributed by atoms with Gasteiger partial charge in [0.25, 0.3) is 0 Å². The van der Waals surface area contributed by atoms with Gasteiger partial charge in [0, 0.05) is 13.0 Å². The van der Waals surface area contributed by atoms with Crippen molar-refractivity contribution in [2.75, 3.05) is 6.54 Å². The van der Waals surface area contributed by atoms with Crippen LogP contribution < -0.4 is 5.32 Å². The van der Waals surface area contributed by atoms with Gasteiger partial charge in [0.1, 0.15) is 0 Å². The molecule has 90 valence electrons. The van der Waals surface area contributed by atoms with Crippen LogP contribution in [0.3, 0.4) is 0 Å². The molecule has 1 aliphatic heterocycles. The molecular formula is C11H19N3O2.